The number of carbonyl (C=O) groups is 1. The largest absolute Gasteiger partial charge is 0.472 e. The number of rotatable bonds is 4. The Balaban J connectivity index is 1.60. The molecule has 5 heteroatoms. The molecule has 1 aliphatic heterocycles. The number of nitrogens with one attached hydrogen (secondary N) is 2. The predicted octanol–water partition coefficient (Wildman–Crippen LogP) is 1.12. The summed E-state index contributed by atoms with van der Waals surface area (Å²) in [6, 6.07) is 1.68. The van der Waals surface area contributed by atoms with Gasteiger partial charge in [-0.3, -0.25) is 0 Å². The van der Waals surface area contributed by atoms with E-state index in [1.165, 1.54) is 0 Å². The van der Waals surface area contributed by atoms with Gasteiger partial charge in [-0.15, -0.1) is 0 Å². The highest BCUT2D eigenvalue weighted by molar-refractivity contribution is 5.73. The van der Waals surface area contributed by atoms with E-state index in [2.05, 4.69) is 10.6 Å². The van der Waals surface area contributed by atoms with Crippen LogP contribution in [0.3, 0.4) is 0 Å². The van der Waals surface area contributed by atoms with Gasteiger partial charge in [-0.2, -0.15) is 0 Å². The fourth-order valence-corrected chi connectivity index (χ4v) is 1.62. The molecule has 0 aromatic carbocycles. The number of furan rings is 1. The molecule has 1 saturated heterocycles. The standard InChI is InChI=1S/C11H16N2O3/c14-11(12-5-9-1-3-15-7-9)13-6-10-2-4-16-8-10/h1,3,7,10H,2,4-6,8H2,(H2,12,13,14)/t10-/m0/s1. The molecule has 0 aliphatic carbocycles. The van der Waals surface area contributed by atoms with E-state index < -0.39 is 0 Å². The lowest BCUT2D eigenvalue weighted by molar-refractivity contribution is 0.185. The van der Waals surface area contributed by atoms with Crippen LogP contribution in [0.4, 0.5) is 4.79 Å². The molecule has 2 amide bonds. The molecule has 88 valence electrons. The summed E-state index contributed by atoms with van der Waals surface area (Å²) in [5.41, 5.74) is 0.958. The van der Waals surface area contributed by atoms with Gasteiger partial charge in [0.15, 0.2) is 0 Å². The Morgan fingerprint density at radius 1 is 1.50 bits per heavy atom. The highest BCUT2D eigenvalue weighted by Gasteiger charge is 2.15. The number of urea groups is 1. The first kappa shape index (κ1) is 11.0. The second kappa shape index (κ2) is 5.55. The zero-order valence-electron chi connectivity index (χ0n) is 9.07. The third-order valence-electron chi connectivity index (χ3n) is 2.61. The smallest absolute Gasteiger partial charge is 0.315 e. The summed E-state index contributed by atoms with van der Waals surface area (Å²) >= 11 is 0. The molecule has 1 aromatic heterocycles. The van der Waals surface area contributed by atoms with Crippen LogP contribution < -0.4 is 10.6 Å². The third-order valence-corrected chi connectivity index (χ3v) is 2.61. The minimum Gasteiger partial charge on any atom is -0.472 e. The molecular formula is C11H16N2O3. The van der Waals surface area contributed by atoms with E-state index in [0.717, 1.165) is 25.2 Å². The molecule has 0 saturated carbocycles. The molecule has 1 atom stereocenters. The molecule has 1 fully saturated rings. The molecule has 0 unspecified atom stereocenters. The maximum Gasteiger partial charge on any atom is 0.315 e. The molecule has 16 heavy (non-hydrogen) atoms. The SMILES string of the molecule is O=C(NCc1ccoc1)NC[C@@H]1CCOC1. The summed E-state index contributed by atoms with van der Waals surface area (Å²) in [7, 11) is 0. The normalized spacial score (nSPS) is 19.6. The molecule has 2 heterocycles. The summed E-state index contributed by atoms with van der Waals surface area (Å²) in [6.07, 6.45) is 4.23. The first-order chi connectivity index (χ1) is 7.84. The average Bonchev–Trinajstić information content (AvgIpc) is 2.96. The number of hydrogen-bond donors (Lipinski definition) is 2. The number of hydrogen-bond acceptors (Lipinski definition) is 3. The summed E-state index contributed by atoms with van der Waals surface area (Å²) < 4.78 is 10.1. The van der Waals surface area contributed by atoms with Gasteiger partial charge in [0, 0.05) is 31.2 Å². The summed E-state index contributed by atoms with van der Waals surface area (Å²) in [4.78, 5) is 11.4. The van der Waals surface area contributed by atoms with Crippen LogP contribution in [0, 0.1) is 5.92 Å². The van der Waals surface area contributed by atoms with Crippen LogP contribution in [0.25, 0.3) is 0 Å². The van der Waals surface area contributed by atoms with Crippen molar-refractivity contribution in [3.05, 3.63) is 24.2 Å². The fraction of sp³-hybridized carbons (Fsp3) is 0.545. The molecule has 1 aliphatic rings. The molecule has 2 rings (SSSR count). The van der Waals surface area contributed by atoms with Crippen molar-refractivity contribution >= 4 is 6.03 Å². The van der Waals surface area contributed by atoms with Gasteiger partial charge in [0.1, 0.15) is 0 Å². The van der Waals surface area contributed by atoms with Gasteiger partial charge in [0.25, 0.3) is 0 Å². The lowest BCUT2D eigenvalue weighted by atomic mass is 10.1. The molecule has 0 bridgehead atoms. The Morgan fingerprint density at radius 2 is 2.44 bits per heavy atom. The van der Waals surface area contributed by atoms with E-state index in [4.69, 9.17) is 9.15 Å². The molecule has 0 spiro atoms. The molecule has 2 N–H and O–H groups in total. The Hall–Kier alpha value is -1.49. The lowest BCUT2D eigenvalue weighted by Crippen LogP contribution is -2.37. The van der Waals surface area contributed by atoms with Crippen molar-refractivity contribution in [2.45, 2.75) is 13.0 Å². The van der Waals surface area contributed by atoms with E-state index in [1.807, 2.05) is 6.07 Å². The van der Waals surface area contributed by atoms with Crippen LogP contribution >= 0.6 is 0 Å². The number of ether oxygens (including phenoxy) is 1. The van der Waals surface area contributed by atoms with Crippen molar-refractivity contribution in [1.29, 1.82) is 0 Å². The third kappa shape index (κ3) is 3.27. The molecule has 0 radical (unpaired) electrons. The van der Waals surface area contributed by atoms with Crippen LogP contribution in [0.1, 0.15) is 12.0 Å². The number of carbonyl (C=O) groups excluding carboxylic acids is 1. The van der Waals surface area contributed by atoms with Crippen LogP contribution in [0.15, 0.2) is 23.0 Å². The van der Waals surface area contributed by atoms with Gasteiger partial charge in [-0.25, -0.2) is 4.79 Å². The van der Waals surface area contributed by atoms with Gasteiger partial charge in [0.05, 0.1) is 19.1 Å². The van der Waals surface area contributed by atoms with Crippen LogP contribution in [-0.4, -0.2) is 25.8 Å². The maximum absolute atomic E-state index is 11.4. The van der Waals surface area contributed by atoms with Gasteiger partial charge < -0.3 is 19.8 Å². The van der Waals surface area contributed by atoms with Gasteiger partial charge in [-0.1, -0.05) is 0 Å². The summed E-state index contributed by atoms with van der Waals surface area (Å²) in [6.45, 7) is 2.73. The minimum atomic E-state index is -0.145. The predicted molar refractivity (Wildman–Crippen MR) is 57.9 cm³/mol. The second-order valence-corrected chi connectivity index (χ2v) is 3.92. The van der Waals surface area contributed by atoms with Gasteiger partial charge in [-0.05, 0) is 12.5 Å². The second-order valence-electron chi connectivity index (χ2n) is 3.92. The highest BCUT2D eigenvalue weighted by Crippen LogP contribution is 2.10. The number of amides is 2. The molecule has 1 aromatic rings. The monoisotopic (exact) mass is 224 g/mol. The Bertz CT molecular complexity index is 318. The van der Waals surface area contributed by atoms with Gasteiger partial charge >= 0.3 is 6.03 Å². The minimum absolute atomic E-state index is 0.145. The summed E-state index contributed by atoms with van der Waals surface area (Å²) in [5.74, 6) is 0.458. The first-order valence-electron chi connectivity index (χ1n) is 5.45. The van der Waals surface area contributed by atoms with Crippen molar-refractivity contribution in [1.82, 2.24) is 10.6 Å². The van der Waals surface area contributed by atoms with Crippen molar-refractivity contribution in [3.63, 3.8) is 0 Å². The fourth-order valence-electron chi connectivity index (χ4n) is 1.62. The Morgan fingerprint density at radius 3 is 3.12 bits per heavy atom. The zero-order chi connectivity index (χ0) is 11.2. The van der Waals surface area contributed by atoms with Crippen molar-refractivity contribution < 1.29 is 13.9 Å². The molecule has 5 nitrogen and oxygen atoms in total. The summed E-state index contributed by atoms with van der Waals surface area (Å²) in [5, 5.41) is 5.58. The van der Waals surface area contributed by atoms with Crippen LogP contribution in [0.5, 0.6) is 0 Å². The van der Waals surface area contributed by atoms with Gasteiger partial charge in [0.2, 0.25) is 0 Å². The van der Waals surface area contributed by atoms with Crippen LogP contribution in [-0.2, 0) is 11.3 Å². The molecular weight excluding hydrogens is 208 g/mol. The lowest BCUT2D eigenvalue weighted by Gasteiger charge is -2.10. The topological polar surface area (TPSA) is 63.5 Å². The van der Waals surface area contributed by atoms with E-state index in [0.29, 0.717) is 19.0 Å². The van der Waals surface area contributed by atoms with E-state index in [1.54, 1.807) is 12.5 Å². The van der Waals surface area contributed by atoms with E-state index in [-0.39, 0.29) is 6.03 Å². The van der Waals surface area contributed by atoms with Crippen molar-refractivity contribution in [3.8, 4) is 0 Å². The quantitative estimate of drug-likeness (QED) is 0.805. The first-order valence-corrected chi connectivity index (χ1v) is 5.45. The highest BCUT2D eigenvalue weighted by atomic mass is 16.5. The maximum atomic E-state index is 11.4. The van der Waals surface area contributed by atoms with E-state index in [9.17, 15) is 4.79 Å². The van der Waals surface area contributed by atoms with Crippen molar-refractivity contribution in [2.75, 3.05) is 19.8 Å². The Labute approximate surface area is 94.1 Å². The van der Waals surface area contributed by atoms with Crippen LogP contribution in [0.2, 0.25) is 0 Å². The average molecular weight is 224 g/mol. The zero-order valence-corrected chi connectivity index (χ0v) is 9.07. The Kier molecular flexibility index (Phi) is 3.82. The van der Waals surface area contributed by atoms with Crippen molar-refractivity contribution in [2.24, 2.45) is 5.92 Å². The van der Waals surface area contributed by atoms with E-state index >= 15 is 0 Å².